The number of hydrogen-bond donors (Lipinski definition) is 2. The van der Waals surface area contributed by atoms with Crippen molar-refractivity contribution in [2.45, 2.75) is 6.92 Å². The van der Waals surface area contributed by atoms with Gasteiger partial charge in [0.2, 0.25) is 0 Å². The molecular formula is C23H17N3O2. The number of carbonyl (C=O) groups excluding carboxylic acids is 1. The highest BCUT2D eigenvalue weighted by atomic mass is 16.3. The minimum atomic E-state index is -0.277. The number of amides is 1. The van der Waals surface area contributed by atoms with Crippen molar-refractivity contribution < 1.29 is 9.21 Å². The Bertz CT molecular complexity index is 1260. The number of para-hydroxylation sites is 3. The van der Waals surface area contributed by atoms with E-state index in [1.54, 1.807) is 6.07 Å². The minimum Gasteiger partial charge on any atom is -0.451 e. The number of hydrogen-bond acceptors (Lipinski definition) is 3. The van der Waals surface area contributed by atoms with Crippen LogP contribution in [0.15, 0.2) is 77.2 Å². The van der Waals surface area contributed by atoms with Crippen LogP contribution in [0.5, 0.6) is 0 Å². The maximum absolute atomic E-state index is 12.7. The van der Waals surface area contributed by atoms with E-state index in [2.05, 4.69) is 15.3 Å². The molecule has 2 N–H and O–H groups in total. The van der Waals surface area contributed by atoms with Gasteiger partial charge in [0.15, 0.2) is 5.76 Å². The van der Waals surface area contributed by atoms with Crippen LogP contribution in [-0.2, 0) is 0 Å². The molecule has 0 saturated carbocycles. The van der Waals surface area contributed by atoms with E-state index in [-0.39, 0.29) is 11.7 Å². The van der Waals surface area contributed by atoms with Crippen LogP contribution in [0.1, 0.15) is 16.1 Å². The fraction of sp³-hybridized carbons (Fsp3) is 0.0435. The standard InChI is InChI=1S/C23H17N3O2/c1-14-10-11-16(22-24-17-7-3-4-8-18(17)25-22)12-19(14)26-23(27)21-13-15-6-2-5-9-20(15)28-21/h2-13H,1H3,(H,24,25)(H,26,27). The van der Waals surface area contributed by atoms with Crippen LogP contribution in [0.2, 0.25) is 0 Å². The third kappa shape index (κ3) is 2.83. The monoisotopic (exact) mass is 367 g/mol. The summed E-state index contributed by atoms with van der Waals surface area (Å²) in [6, 6.07) is 23.1. The van der Waals surface area contributed by atoms with Crippen molar-refractivity contribution in [2.24, 2.45) is 0 Å². The van der Waals surface area contributed by atoms with Gasteiger partial charge in [-0.05, 0) is 42.8 Å². The lowest BCUT2D eigenvalue weighted by Crippen LogP contribution is -2.11. The zero-order chi connectivity index (χ0) is 19.1. The van der Waals surface area contributed by atoms with E-state index in [0.29, 0.717) is 5.58 Å². The predicted molar refractivity (Wildman–Crippen MR) is 110 cm³/mol. The maximum Gasteiger partial charge on any atom is 0.291 e. The molecule has 0 saturated heterocycles. The highest BCUT2D eigenvalue weighted by Gasteiger charge is 2.14. The highest BCUT2D eigenvalue weighted by molar-refractivity contribution is 6.05. The van der Waals surface area contributed by atoms with Crippen molar-refractivity contribution in [3.8, 4) is 11.4 Å². The number of nitrogens with zero attached hydrogens (tertiary/aromatic N) is 1. The minimum absolute atomic E-state index is 0.277. The number of imidazole rings is 1. The van der Waals surface area contributed by atoms with Crippen molar-refractivity contribution in [2.75, 3.05) is 5.32 Å². The Labute approximate surface area is 161 Å². The lowest BCUT2D eigenvalue weighted by Gasteiger charge is -2.09. The summed E-state index contributed by atoms with van der Waals surface area (Å²) in [6.45, 7) is 1.96. The van der Waals surface area contributed by atoms with Gasteiger partial charge < -0.3 is 14.7 Å². The number of anilines is 1. The molecule has 0 spiro atoms. The van der Waals surface area contributed by atoms with E-state index < -0.39 is 0 Å². The molecule has 0 atom stereocenters. The second-order valence-corrected chi connectivity index (χ2v) is 6.73. The predicted octanol–water partition coefficient (Wildman–Crippen LogP) is 5.54. The number of carbonyl (C=O) groups is 1. The topological polar surface area (TPSA) is 70.9 Å². The Hall–Kier alpha value is -3.86. The van der Waals surface area contributed by atoms with E-state index in [4.69, 9.17) is 4.42 Å². The molecule has 3 aromatic carbocycles. The van der Waals surface area contributed by atoms with E-state index in [0.717, 1.165) is 39.1 Å². The summed E-state index contributed by atoms with van der Waals surface area (Å²) >= 11 is 0. The van der Waals surface area contributed by atoms with Crippen LogP contribution in [0, 0.1) is 6.92 Å². The van der Waals surface area contributed by atoms with E-state index in [1.165, 1.54) is 0 Å². The second kappa shape index (κ2) is 6.39. The van der Waals surface area contributed by atoms with Gasteiger partial charge in [0.1, 0.15) is 11.4 Å². The first-order valence-electron chi connectivity index (χ1n) is 9.03. The van der Waals surface area contributed by atoms with Crippen LogP contribution in [-0.4, -0.2) is 15.9 Å². The molecule has 2 aromatic heterocycles. The molecule has 0 aliphatic rings. The van der Waals surface area contributed by atoms with Crippen LogP contribution >= 0.6 is 0 Å². The maximum atomic E-state index is 12.7. The van der Waals surface area contributed by atoms with Crippen LogP contribution in [0.3, 0.4) is 0 Å². The van der Waals surface area contributed by atoms with Crippen molar-refractivity contribution >= 4 is 33.6 Å². The Morgan fingerprint density at radius 1 is 1.00 bits per heavy atom. The molecule has 0 aliphatic carbocycles. The van der Waals surface area contributed by atoms with Gasteiger partial charge in [-0.1, -0.05) is 42.5 Å². The number of furan rings is 1. The van der Waals surface area contributed by atoms with Crippen molar-refractivity contribution in [3.63, 3.8) is 0 Å². The molecule has 2 heterocycles. The molecule has 28 heavy (non-hydrogen) atoms. The van der Waals surface area contributed by atoms with Gasteiger partial charge in [-0.3, -0.25) is 4.79 Å². The first-order valence-corrected chi connectivity index (χ1v) is 9.03. The fourth-order valence-corrected chi connectivity index (χ4v) is 3.27. The zero-order valence-electron chi connectivity index (χ0n) is 15.2. The number of aromatic amines is 1. The first-order chi connectivity index (χ1) is 13.7. The molecule has 5 rings (SSSR count). The third-order valence-electron chi connectivity index (χ3n) is 4.80. The van der Waals surface area contributed by atoms with Crippen molar-refractivity contribution in [3.05, 3.63) is 84.1 Å². The summed E-state index contributed by atoms with van der Waals surface area (Å²) in [7, 11) is 0. The smallest absolute Gasteiger partial charge is 0.291 e. The number of fused-ring (bicyclic) bond motifs is 2. The Morgan fingerprint density at radius 2 is 1.82 bits per heavy atom. The SMILES string of the molecule is Cc1ccc(-c2nc3ccccc3[nH]2)cc1NC(=O)c1cc2ccccc2o1. The number of aromatic nitrogens is 2. The lowest BCUT2D eigenvalue weighted by molar-refractivity contribution is 0.0998. The molecule has 136 valence electrons. The molecule has 5 aromatic rings. The van der Waals surface area contributed by atoms with E-state index >= 15 is 0 Å². The van der Waals surface area contributed by atoms with Crippen molar-refractivity contribution in [1.82, 2.24) is 9.97 Å². The molecule has 0 unspecified atom stereocenters. The first kappa shape index (κ1) is 16.3. The van der Waals surface area contributed by atoms with Gasteiger partial charge in [-0.15, -0.1) is 0 Å². The van der Waals surface area contributed by atoms with Gasteiger partial charge in [0.05, 0.1) is 11.0 Å². The van der Waals surface area contributed by atoms with Crippen LogP contribution in [0.25, 0.3) is 33.4 Å². The Balaban J connectivity index is 1.47. The summed E-state index contributed by atoms with van der Waals surface area (Å²) in [5.74, 6) is 0.774. The summed E-state index contributed by atoms with van der Waals surface area (Å²) in [6.07, 6.45) is 0. The highest BCUT2D eigenvalue weighted by Crippen LogP contribution is 2.26. The van der Waals surface area contributed by atoms with Gasteiger partial charge in [-0.25, -0.2) is 4.98 Å². The molecule has 0 bridgehead atoms. The normalized spacial score (nSPS) is 11.2. The average molecular weight is 367 g/mol. The zero-order valence-corrected chi connectivity index (χ0v) is 15.2. The fourth-order valence-electron chi connectivity index (χ4n) is 3.27. The third-order valence-corrected chi connectivity index (χ3v) is 4.80. The number of aryl methyl sites for hydroxylation is 1. The summed E-state index contributed by atoms with van der Waals surface area (Å²) in [5.41, 5.74) is 5.17. The quantitative estimate of drug-likeness (QED) is 0.440. The molecule has 5 heteroatoms. The van der Waals surface area contributed by atoms with Gasteiger partial charge in [-0.2, -0.15) is 0 Å². The summed E-state index contributed by atoms with van der Waals surface area (Å²) < 4.78 is 5.67. The van der Waals surface area contributed by atoms with Crippen molar-refractivity contribution in [1.29, 1.82) is 0 Å². The largest absolute Gasteiger partial charge is 0.451 e. The number of nitrogens with one attached hydrogen (secondary N) is 2. The molecular weight excluding hydrogens is 350 g/mol. The molecule has 0 fully saturated rings. The van der Waals surface area contributed by atoms with Gasteiger partial charge in [0, 0.05) is 16.6 Å². The molecule has 1 amide bonds. The van der Waals surface area contributed by atoms with Crippen LogP contribution < -0.4 is 5.32 Å². The van der Waals surface area contributed by atoms with E-state index in [9.17, 15) is 4.79 Å². The second-order valence-electron chi connectivity index (χ2n) is 6.73. The summed E-state index contributed by atoms with van der Waals surface area (Å²) in [5, 5.41) is 3.86. The lowest BCUT2D eigenvalue weighted by atomic mass is 10.1. The number of benzene rings is 3. The van der Waals surface area contributed by atoms with Gasteiger partial charge >= 0.3 is 0 Å². The van der Waals surface area contributed by atoms with Gasteiger partial charge in [0.25, 0.3) is 5.91 Å². The van der Waals surface area contributed by atoms with Crippen LogP contribution in [0.4, 0.5) is 5.69 Å². The van der Waals surface area contributed by atoms with E-state index in [1.807, 2.05) is 73.7 Å². The molecule has 0 radical (unpaired) electrons. The molecule has 0 aliphatic heterocycles. The summed E-state index contributed by atoms with van der Waals surface area (Å²) in [4.78, 5) is 20.6. The number of H-pyrrole nitrogens is 1. The Kier molecular flexibility index (Phi) is 3.72. The number of rotatable bonds is 3. The molecule has 5 nitrogen and oxygen atoms in total. The average Bonchev–Trinajstić information content (AvgIpc) is 3.33. The Morgan fingerprint density at radius 3 is 2.68 bits per heavy atom.